The van der Waals surface area contributed by atoms with Crippen LogP contribution in [0.2, 0.25) is 0 Å². The van der Waals surface area contributed by atoms with Gasteiger partial charge in [0, 0.05) is 52.4 Å². The topological polar surface area (TPSA) is 52.8 Å². The molecule has 1 aliphatic rings. The lowest BCUT2D eigenvalue weighted by molar-refractivity contribution is 0.0629. The average molecular weight is 228 g/mol. The van der Waals surface area contributed by atoms with Crippen LogP contribution in [0.5, 0.6) is 0 Å². The van der Waals surface area contributed by atoms with Gasteiger partial charge < -0.3 is 15.5 Å². The van der Waals surface area contributed by atoms with Gasteiger partial charge >= 0.3 is 6.03 Å². The normalized spacial score (nSPS) is 18.7. The Labute approximate surface area is 98.2 Å². The monoisotopic (exact) mass is 228 g/mol. The molecule has 0 aromatic carbocycles. The minimum absolute atomic E-state index is 0.0350. The highest BCUT2D eigenvalue weighted by Crippen LogP contribution is 2.15. The van der Waals surface area contributed by atoms with Gasteiger partial charge in [0.25, 0.3) is 0 Å². The van der Waals surface area contributed by atoms with Crippen molar-refractivity contribution in [2.45, 2.75) is 19.4 Å². The maximum Gasteiger partial charge on any atom is 0.319 e. The van der Waals surface area contributed by atoms with Gasteiger partial charge in [0.15, 0.2) is 0 Å². The summed E-state index contributed by atoms with van der Waals surface area (Å²) in [4.78, 5) is 17.6. The molecule has 5 heteroatoms. The summed E-state index contributed by atoms with van der Waals surface area (Å²) in [5, 5.41) is 0. The maximum absolute atomic E-state index is 11.7. The largest absolute Gasteiger partial charge is 0.331 e. The van der Waals surface area contributed by atoms with Gasteiger partial charge in [-0.15, -0.1) is 0 Å². The van der Waals surface area contributed by atoms with E-state index < -0.39 is 0 Å². The Morgan fingerprint density at radius 2 is 1.75 bits per heavy atom. The van der Waals surface area contributed by atoms with Crippen LogP contribution >= 0.6 is 0 Å². The van der Waals surface area contributed by atoms with Crippen LogP contribution in [-0.2, 0) is 0 Å². The second-order valence-corrected chi connectivity index (χ2v) is 5.17. The second-order valence-electron chi connectivity index (χ2n) is 5.17. The highest BCUT2D eigenvalue weighted by atomic mass is 16.2. The van der Waals surface area contributed by atoms with Crippen LogP contribution in [0.25, 0.3) is 0 Å². The molecule has 1 saturated heterocycles. The molecule has 0 atom stereocenters. The summed E-state index contributed by atoms with van der Waals surface area (Å²) in [5.41, 5.74) is 5.78. The number of urea groups is 1. The molecule has 94 valence electrons. The number of piperazine rings is 1. The zero-order chi connectivity index (χ0) is 12.3. The Bertz CT molecular complexity index is 244. The van der Waals surface area contributed by atoms with Gasteiger partial charge in [0.2, 0.25) is 0 Å². The first-order valence-corrected chi connectivity index (χ1v) is 5.80. The Morgan fingerprint density at radius 3 is 2.12 bits per heavy atom. The van der Waals surface area contributed by atoms with Crippen LogP contribution in [0.4, 0.5) is 4.79 Å². The Kier molecular flexibility index (Phi) is 4.15. The van der Waals surface area contributed by atoms with Crippen molar-refractivity contribution in [2.24, 2.45) is 5.73 Å². The number of carbonyl (C=O) groups excluding carboxylic acids is 1. The summed E-state index contributed by atoms with van der Waals surface area (Å²) in [6.07, 6.45) is 0. The van der Waals surface area contributed by atoms with E-state index in [9.17, 15) is 4.79 Å². The molecule has 1 heterocycles. The van der Waals surface area contributed by atoms with Crippen LogP contribution in [-0.4, -0.2) is 73.1 Å². The van der Waals surface area contributed by atoms with Crippen molar-refractivity contribution >= 4 is 6.03 Å². The fourth-order valence-electron chi connectivity index (χ4n) is 1.92. The van der Waals surface area contributed by atoms with Gasteiger partial charge in [-0.25, -0.2) is 4.79 Å². The standard InChI is InChI=1S/C11H24N4O/c1-11(2,9-12)15-7-5-14(6-8-15)10(16)13(3)4/h5-9,12H2,1-4H3. The lowest BCUT2D eigenvalue weighted by atomic mass is 10.0. The molecule has 16 heavy (non-hydrogen) atoms. The molecule has 0 bridgehead atoms. The van der Waals surface area contributed by atoms with E-state index >= 15 is 0 Å². The number of amides is 2. The molecule has 0 radical (unpaired) electrons. The fourth-order valence-corrected chi connectivity index (χ4v) is 1.92. The van der Waals surface area contributed by atoms with E-state index in [1.807, 2.05) is 4.90 Å². The van der Waals surface area contributed by atoms with Crippen molar-refractivity contribution in [1.29, 1.82) is 0 Å². The van der Waals surface area contributed by atoms with Crippen molar-refractivity contribution in [3.63, 3.8) is 0 Å². The van der Waals surface area contributed by atoms with E-state index in [1.54, 1.807) is 19.0 Å². The van der Waals surface area contributed by atoms with E-state index in [2.05, 4.69) is 18.7 Å². The molecule has 0 aliphatic carbocycles. The van der Waals surface area contributed by atoms with Crippen LogP contribution in [0.15, 0.2) is 0 Å². The molecule has 0 aromatic heterocycles. The number of nitrogens with zero attached hydrogens (tertiary/aromatic N) is 3. The summed E-state index contributed by atoms with van der Waals surface area (Å²) in [6.45, 7) is 8.34. The molecule has 0 unspecified atom stereocenters. The lowest BCUT2D eigenvalue weighted by Gasteiger charge is -2.43. The number of hydrogen-bond acceptors (Lipinski definition) is 3. The quantitative estimate of drug-likeness (QED) is 0.725. The molecule has 1 aliphatic heterocycles. The molecule has 2 N–H and O–H groups in total. The minimum Gasteiger partial charge on any atom is -0.331 e. The van der Waals surface area contributed by atoms with Crippen LogP contribution < -0.4 is 5.73 Å². The first-order valence-electron chi connectivity index (χ1n) is 5.80. The maximum atomic E-state index is 11.7. The van der Waals surface area contributed by atoms with E-state index in [0.29, 0.717) is 6.54 Å². The zero-order valence-electron chi connectivity index (χ0n) is 10.9. The average Bonchev–Trinajstić information content (AvgIpc) is 2.28. The highest BCUT2D eigenvalue weighted by molar-refractivity contribution is 5.73. The molecule has 0 aromatic rings. The zero-order valence-corrected chi connectivity index (χ0v) is 10.9. The molecule has 1 rings (SSSR count). The van der Waals surface area contributed by atoms with Crippen molar-refractivity contribution in [3.05, 3.63) is 0 Å². The van der Waals surface area contributed by atoms with E-state index in [4.69, 9.17) is 5.73 Å². The smallest absolute Gasteiger partial charge is 0.319 e. The van der Waals surface area contributed by atoms with Crippen molar-refractivity contribution < 1.29 is 4.79 Å². The molecular formula is C11H24N4O. The number of hydrogen-bond donors (Lipinski definition) is 1. The minimum atomic E-state index is 0.0350. The van der Waals surface area contributed by atoms with Gasteiger partial charge in [0.05, 0.1) is 0 Å². The van der Waals surface area contributed by atoms with E-state index in [0.717, 1.165) is 26.2 Å². The third kappa shape index (κ3) is 2.86. The third-order valence-electron chi connectivity index (χ3n) is 3.29. The summed E-state index contributed by atoms with van der Waals surface area (Å²) >= 11 is 0. The van der Waals surface area contributed by atoms with Gasteiger partial charge in [-0.1, -0.05) is 0 Å². The van der Waals surface area contributed by atoms with Gasteiger partial charge in [-0.2, -0.15) is 0 Å². The molecule has 0 saturated carbocycles. The van der Waals surface area contributed by atoms with Gasteiger partial charge in [-0.3, -0.25) is 4.90 Å². The number of carbonyl (C=O) groups is 1. The Balaban J connectivity index is 2.49. The molecular weight excluding hydrogens is 204 g/mol. The number of nitrogens with two attached hydrogens (primary N) is 1. The number of rotatable bonds is 2. The van der Waals surface area contributed by atoms with Crippen molar-refractivity contribution in [1.82, 2.24) is 14.7 Å². The molecule has 2 amide bonds. The van der Waals surface area contributed by atoms with Crippen LogP contribution in [0, 0.1) is 0 Å². The van der Waals surface area contributed by atoms with E-state index in [-0.39, 0.29) is 11.6 Å². The predicted octanol–water partition coefficient (Wildman–Crippen LogP) is 0.0229. The van der Waals surface area contributed by atoms with Crippen LogP contribution in [0.1, 0.15) is 13.8 Å². The first kappa shape index (κ1) is 13.3. The molecule has 0 spiro atoms. The highest BCUT2D eigenvalue weighted by Gasteiger charge is 2.30. The first-order chi connectivity index (χ1) is 7.38. The third-order valence-corrected chi connectivity index (χ3v) is 3.29. The fraction of sp³-hybridized carbons (Fsp3) is 0.909. The van der Waals surface area contributed by atoms with Crippen molar-refractivity contribution in [2.75, 3.05) is 46.8 Å². The van der Waals surface area contributed by atoms with E-state index in [1.165, 1.54) is 0 Å². The lowest BCUT2D eigenvalue weighted by Crippen LogP contribution is -2.59. The Morgan fingerprint density at radius 1 is 1.25 bits per heavy atom. The summed E-state index contributed by atoms with van der Waals surface area (Å²) in [6, 6.07) is 0.102. The van der Waals surface area contributed by atoms with Crippen molar-refractivity contribution in [3.8, 4) is 0 Å². The summed E-state index contributed by atoms with van der Waals surface area (Å²) in [5.74, 6) is 0. The Hall–Kier alpha value is -0.810. The second kappa shape index (κ2) is 5.01. The SMILES string of the molecule is CN(C)C(=O)N1CCN(C(C)(C)CN)CC1. The van der Waals surface area contributed by atoms with Gasteiger partial charge in [0.1, 0.15) is 0 Å². The molecule has 1 fully saturated rings. The summed E-state index contributed by atoms with van der Waals surface area (Å²) in [7, 11) is 3.58. The summed E-state index contributed by atoms with van der Waals surface area (Å²) < 4.78 is 0. The van der Waals surface area contributed by atoms with Gasteiger partial charge in [-0.05, 0) is 13.8 Å². The predicted molar refractivity (Wildman–Crippen MR) is 65.4 cm³/mol. The van der Waals surface area contributed by atoms with Crippen LogP contribution in [0.3, 0.4) is 0 Å². The molecule has 5 nitrogen and oxygen atoms in total.